The SMILES string of the molecule is c1cc(-c2ccc3c4c(cccc24)-c2ccccc2O3)cc(-c2cc3c4ccccc4c4ccccc4c3c3ccccc23)c1. The van der Waals surface area contributed by atoms with Crippen LogP contribution < -0.4 is 4.74 Å². The topological polar surface area (TPSA) is 9.23 Å². The van der Waals surface area contributed by atoms with Gasteiger partial charge in [0.15, 0.2) is 0 Å². The molecule has 10 rings (SSSR count). The zero-order valence-corrected chi connectivity index (χ0v) is 24.4. The Morgan fingerprint density at radius 1 is 0.267 bits per heavy atom. The molecule has 0 aliphatic carbocycles. The number of ether oxygens (including phenoxy) is 1. The molecule has 0 fully saturated rings. The van der Waals surface area contributed by atoms with E-state index in [9.17, 15) is 0 Å². The van der Waals surface area contributed by atoms with Gasteiger partial charge in [-0.1, -0.05) is 133 Å². The van der Waals surface area contributed by atoms with E-state index in [1.165, 1.54) is 81.7 Å². The van der Waals surface area contributed by atoms with E-state index in [2.05, 4.69) is 146 Å². The van der Waals surface area contributed by atoms with E-state index in [0.717, 1.165) is 17.1 Å². The van der Waals surface area contributed by atoms with E-state index >= 15 is 0 Å². The van der Waals surface area contributed by atoms with Crippen molar-refractivity contribution in [3.8, 4) is 44.9 Å². The smallest absolute Gasteiger partial charge is 0.135 e. The maximum absolute atomic E-state index is 6.39. The Bertz CT molecular complexity index is 2680. The lowest BCUT2D eigenvalue weighted by Gasteiger charge is -2.22. The van der Waals surface area contributed by atoms with Crippen LogP contribution in [0.15, 0.2) is 158 Å². The molecule has 45 heavy (non-hydrogen) atoms. The molecule has 0 spiro atoms. The molecule has 1 aliphatic rings. The van der Waals surface area contributed by atoms with E-state index in [1.54, 1.807) is 0 Å². The summed E-state index contributed by atoms with van der Waals surface area (Å²) in [6.45, 7) is 0. The Hall–Kier alpha value is -5.92. The Labute approximate surface area is 260 Å². The minimum absolute atomic E-state index is 0.913. The molecule has 1 nitrogen and oxygen atoms in total. The molecule has 0 amide bonds. The standard InChI is InChI=1S/C44H26O/c1-2-15-32-30(13-1)31-14-3-5-18-36(31)43-37-19-6-4-16-33(37)39(26-40(32)43)28-12-9-11-27(25-28)29-23-24-42-44-35(29)20-10-21-38(44)34-17-7-8-22-41(34)45-42/h1-26H. The van der Waals surface area contributed by atoms with E-state index in [4.69, 9.17) is 4.74 Å². The van der Waals surface area contributed by atoms with Gasteiger partial charge in [-0.3, -0.25) is 0 Å². The van der Waals surface area contributed by atoms with Gasteiger partial charge in [0, 0.05) is 10.9 Å². The molecule has 0 unspecified atom stereocenters. The summed E-state index contributed by atoms with van der Waals surface area (Å²) >= 11 is 0. The van der Waals surface area contributed by atoms with Gasteiger partial charge in [0.2, 0.25) is 0 Å². The molecule has 9 aromatic carbocycles. The zero-order chi connectivity index (χ0) is 29.5. The van der Waals surface area contributed by atoms with E-state index in [-0.39, 0.29) is 0 Å². The average Bonchev–Trinajstić information content (AvgIpc) is 3.11. The van der Waals surface area contributed by atoms with Crippen LogP contribution in [0.1, 0.15) is 0 Å². The third-order valence-corrected chi connectivity index (χ3v) is 9.63. The fourth-order valence-electron chi connectivity index (χ4n) is 7.69. The van der Waals surface area contributed by atoms with Crippen molar-refractivity contribution in [3.05, 3.63) is 158 Å². The number of rotatable bonds is 2. The van der Waals surface area contributed by atoms with Crippen molar-refractivity contribution >= 4 is 53.9 Å². The van der Waals surface area contributed by atoms with Gasteiger partial charge in [0.05, 0.1) is 0 Å². The molecule has 0 N–H and O–H groups in total. The fourth-order valence-corrected chi connectivity index (χ4v) is 7.69. The van der Waals surface area contributed by atoms with Crippen molar-refractivity contribution in [2.45, 2.75) is 0 Å². The summed E-state index contributed by atoms with van der Waals surface area (Å²) in [5.74, 6) is 1.83. The Kier molecular flexibility index (Phi) is 5.06. The van der Waals surface area contributed by atoms with Gasteiger partial charge in [-0.2, -0.15) is 0 Å². The highest BCUT2D eigenvalue weighted by Crippen LogP contribution is 2.49. The monoisotopic (exact) mass is 570 g/mol. The molecule has 0 radical (unpaired) electrons. The molecule has 9 aromatic rings. The Morgan fingerprint density at radius 2 is 0.822 bits per heavy atom. The number of benzene rings is 9. The average molecular weight is 571 g/mol. The minimum atomic E-state index is 0.913. The van der Waals surface area contributed by atoms with Crippen LogP contribution in [0, 0.1) is 0 Å². The van der Waals surface area contributed by atoms with Crippen LogP contribution in [0.3, 0.4) is 0 Å². The summed E-state index contributed by atoms with van der Waals surface area (Å²) in [5, 5.41) is 12.7. The third-order valence-electron chi connectivity index (χ3n) is 9.63. The van der Waals surface area contributed by atoms with Crippen LogP contribution in [0.5, 0.6) is 11.5 Å². The second-order valence-electron chi connectivity index (χ2n) is 12.0. The van der Waals surface area contributed by atoms with Gasteiger partial charge in [-0.25, -0.2) is 0 Å². The highest BCUT2D eigenvalue weighted by molar-refractivity contribution is 6.33. The van der Waals surface area contributed by atoms with Gasteiger partial charge in [0.25, 0.3) is 0 Å². The summed E-state index contributed by atoms with van der Waals surface area (Å²) in [6.07, 6.45) is 0. The van der Waals surface area contributed by atoms with Crippen LogP contribution in [0.4, 0.5) is 0 Å². The summed E-state index contributed by atoms with van der Waals surface area (Å²) < 4.78 is 6.39. The van der Waals surface area contributed by atoms with Crippen molar-refractivity contribution < 1.29 is 4.74 Å². The molecule has 0 aromatic heterocycles. The molecule has 0 saturated heterocycles. The molecule has 0 atom stereocenters. The molecular formula is C44H26O. The summed E-state index contributed by atoms with van der Waals surface area (Å²) in [6, 6.07) is 57.3. The number of hydrogen-bond acceptors (Lipinski definition) is 1. The molecule has 0 bridgehead atoms. The summed E-state index contributed by atoms with van der Waals surface area (Å²) in [7, 11) is 0. The largest absolute Gasteiger partial charge is 0.456 e. The van der Waals surface area contributed by atoms with Crippen LogP contribution >= 0.6 is 0 Å². The maximum Gasteiger partial charge on any atom is 0.135 e. The molecule has 1 aliphatic heterocycles. The highest BCUT2D eigenvalue weighted by Gasteiger charge is 2.21. The maximum atomic E-state index is 6.39. The summed E-state index contributed by atoms with van der Waals surface area (Å²) in [5.41, 5.74) is 7.24. The van der Waals surface area contributed by atoms with Crippen molar-refractivity contribution in [3.63, 3.8) is 0 Å². The van der Waals surface area contributed by atoms with Gasteiger partial charge < -0.3 is 4.74 Å². The number of fused-ring (bicyclic) bond motifs is 10. The van der Waals surface area contributed by atoms with Crippen LogP contribution in [0.25, 0.3) is 87.2 Å². The lowest BCUT2D eigenvalue weighted by molar-refractivity contribution is 0.487. The van der Waals surface area contributed by atoms with Crippen molar-refractivity contribution in [2.75, 3.05) is 0 Å². The normalized spacial score (nSPS) is 12.2. The first-order valence-electron chi connectivity index (χ1n) is 15.5. The van der Waals surface area contributed by atoms with Gasteiger partial charge in [-0.15, -0.1) is 0 Å². The van der Waals surface area contributed by atoms with Gasteiger partial charge >= 0.3 is 0 Å². The first kappa shape index (κ1) is 24.5. The predicted molar refractivity (Wildman–Crippen MR) is 190 cm³/mol. The highest BCUT2D eigenvalue weighted by atomic mass is 16.5. The van der Waals surface area contributed by atoms with Crippen LogP contribution in [-0.2, 0) is 0 Å². The second kappa shape index (κ2) is 9.29. The van der Waals surface area contributed by atoms with Gasteiger partial charge in [0.1, 0.15) is 11.5 Å². The van der Waals surface area contributed by atoms with E-state index < -0.39 is 0 Å². The predicted octanol–water partition coefficient (Wildman–Crippen LogP) is 12.6. The van der Waals surface area contributed by atoms with E-state index in [1.807, 2.05) is 12.1 Å². The first-order valence-corrected chi connectivity index (χ1v) is 15.5. The lowest BCUT2D eigenvalue weighted by Crippen LogP contribution is -1.97. The van der Waals surface area contributed by atoms with Crippen molar-refractivity contribution in [1.82, 2.24) is 0 Å². The number of hydrogen-bond donors (Lipinski definition) is 0. The van der Waals surface area contributed by atoms with E-state index in [0.29, 0.717) is 0 Å². The Balaban J connectivity index is 1.24. The Morgan fingerprint density at radius 3 is 1.62 bits per heavy atom. The molecule has 1 heterocycles. The molecule has 208 valence electrons. The minimum Gasteiger partial charge on any atom is -0.456 e. The molecular weight excluding hydrogens is 544 g/mol. The lowest BCUT2D eigenvalue weighted by atomic mass is 9.86. The number of para-hydroxylation sites is 1. The van der Waals surface area contributed by atoms with Crippen LogP contribution in [0.2, 0.25) is 0 Å². The van der Waals surface area contributed by atoms with Crippen molar-refractivity contribution in [1.29, 1.82) is 0 Å². The fraction of sp³-hybridized carbons (Fsp3) is 0. The van der Waals surface area contributed by atoms with Crippen molar-refractivity contribution in [2.24, 2.45) is 0 Å². The third kappa shape index (κ3) is 3.50. The quantitative estimate of drug-likeness (QED) is 0.188. The molecule has 1 heteroatoms. The summed E-state index contributed by atoms with van der Waals surface area (Å²) in [4.78, 5) is 0. The van der Waals surface area contributed by atoms with Crippen LogP contribution in [-0.4, -0.2) is 0 Å². The first-order chi connectivity index (χ1) is 22.3. The second-order valence-corrected chi connectivity index (χ2v) is 12.0. The van der Waals surface area contributed by atoms with Gasteiger partial charge in [-0.05, 0) is 101 Å². The molecule has 0 saturated carbocycles. The zero-order valence-electron chi connectivity index (χ0n) is 24.4.